The molecule has 0 radical (unpaired) electrons. The van der Waals surface area contributed by atoms with Gasteiger partial charge in [0.05, 0.1) is 21.4 Å². The number of non-ortho nitro benzene ring substituents is 1. The second-order valence-corrected chi connectivity index (χ2v) is 6.60. The molecule has 0 aliphatic heterocycles. The Morgan fingerprint density at radius 3 is 2.35 bits per heavy atom. The van der Waals surface area contributed by atoms with Crippen LogP contribution in [0.25, 0.3) is 0 Å². The van der Waals surface area contributed by atoms with Crippen molar-refractivity contribution in [2.24, 2.45) is 0 Å². The number of nitrogens with one attached hydrogen (secondary N) is 1. The summed E-state index contributed by atoms with van der Waals surface area (Å²) >= 11 is 1.03. The number of alkyl halides is 3. The summed E-state index contributed by atoms with van der Waals surface area (Å²) in [6.45, 7) is 1.47. The summed E-state index contributed by atoms with van der Waals surface area (Å²) in [5, 5.41) is 12.0. The van der Waals surface area contributed by atoms with E-state index in [4.69, 9.17) is 0 Å². The molecule has 0 saturated heterocycles. The Kier molecular flexibility index (Phi) is 5.86. The smallest absolute Gasteiger partial charge is 0.325 e. The number of carbonyl (C=O) groups is 1. The highest BCUT2D eigenvalue weighted by Crippen LogP contribution is 2.37. The zero-order valence-electron chi connectivity index (χ0n) is 13.2. The van der Waals surface area contributed by atoms with E-state index in [2.05, 4.69) is 5.32 Å². The van der Waals surface area contributed by atoms with Crippen LogP contribution >= 0.6 is 11.8 Å². The molecule has 2 aromatic carbocycles. The first-order valence-corrected chi connectivity index (χ1v) is 8.04. The van der Waals surface area contributed by atoms with Gasteiger partial charge in [0.15, 0.2) is 0 Å². The van der Waals surface area contributed by atoms with Crippen LogP contribution in [-0.2, 0) is 11.0 Å². The second-order valence-electron chi connectivity index (χ2n) is 5.19. The summed E-state index contributed by atoms with van der Waals surface area (Å²) in [6, 6.07) is 7.37. The molecule has 26 heavy (non-hydrogen) atoms. The van der Waals surface area contributed by atoms with Gasteiger partial charge in [0, 0.05) is 17.0 Å². The molecular formula is C16H12F4N2O3S. The van der Waals surface area contributed by atoms with E-state index in [1.165, 1.54) is 31.2 Å². The maximum Gasteiger partial charge on any atom is 0.418 e. The van der Waals surface area contributed by atoms with E-state index in [-0.39, 0.29) is 0 Å². The molecule has 0 saturated carbocycles. The molecule has 0 bridgehead atoms. The highest BCUT2D eigenvalue weighted by Gasteiger charge is 2.36. The van der Waals surface area contributed by atoms with Gasteiger partial charge in [-0.15, -0.1) is 11.8 Å². The minimum absolute atomic E-state index is 0.368. The Labute approximate surface area is 149 Å². The summed E-state index contributed by atoms with van der Waals surface area (Å²) < 4.78 is 52.2. The van der Waals surface area contributed by atoms with Gasteiger partial charge in [0.2, 0.25) is 5.91 Å². The number of nitrogens with zero attached hydrogens (tertiary/aromatic N) is 1. The Balaban J connectivity index is 2.19. The maximum absolute atomic E-state index is 13.1. The monoisotopic (exact) mass is 388 g/mol. The quantitative estimate of drug-likeness (QED) is 0.343. The molecule has 10 heteroatoms. The summed E-state index contributed by atoms with van der Waals surface area (Å²) in [6.07, 6.45) is -4.87. The average Bonchev–Trinajstić information content (AvgIpc) is 2.56. The van der Waals surface area contributed by atoms with Crippen molar-refractivity contribution in [2.45, 2.75) is 23.2 Å². The molecule has 0 aliphatic carbocycles. The van der Waals surface area contributed by atoms with Crippen LogP contribution in [0.4, 0.5) is 28.9 Å². The second kappa shape index (κ2) is 7.73. The number of anilines is 1. The number of amides is 1. The molecule has 138 valence electrons. The van der Waals surface area contributed by atoms with E-state index in [0.717, 1.165) is 23.9 Å². The van der Waals surface area contributed by atoms with Crippen molar-refractivity contribution in [1.29, 1.82) is 0 Å². The first kappa shape index (κ1) is 19.7. The number of hydrogen-bond donors (Lipinski definition) is 1. The van der Waals surface area contributed by atoms with E-state index in [9.17, 15) is 32.5 Å². The Hall–Kier alpha value is -2.62. The molecule has 0 heterocycles. The number of hydrogen-bond acceptors (Lipinski definition) is 4. The average molecular weight is 388 g/mol. The maximum atomic E-state index is 13.1. The third-order valence-corrected chi connectivity index (χ3v) is 4.38. The molecule has 0 spiro atoms. The van der Waals surface area contributed by atoms with Crippen LogP contribution in [0.5, 0.6) is 0 Å². The summed E-state index contributed by atoms with van der Waals surface area (Å²) in [5.41, 5.74) is -2.61. The van der Waals surface area contributed by atoms with Crippen molar-refractivity contribution in [2.75, 3.05) is 5.32 Å². The van der Waals surface area contributed by atoms with Crippen LogP contribution in [0.15, 0.2) is 47.4 Å². The highest BCUT2D eigenvalue weighted by molar-refractivity contribution is 8.00. The largest absolute Gasteiger partial charge is 0.418 e. The normalized spacial score (nSPS) is 12.5. The number of halogens is 4. The van der Waals surface area contributed by atoms with E-state index in [1.54, 1.807) is 0 Å². The van der Waals surface area contributed by atoms with Crippen molar-refractivity contribution in [3.05, 3.63) is 64.0 Å². The SMILES string of the molecule is C[C@@H](Sc1ccc(F)cc1)C(=O)Nc1ccc([N+](=O)[O-])cc1C(F)(F)F. The predicted octanol–water partition coefficient (Wildman–Crippen LogP) is 4.87. The fourth-order valence-electron chi connectivity index (χ4n) is 1.99. The van der Waals surface area contributed by atoms with Crippen LogP contribution < -0.4 is 5.32 Å². The molecule has 1 amide bonds. The Morgan fingerprint density at radius 1 is 1.19 bits per heavy atom. The number of rotatable bonds is 5. The first-order valence-electron chi connectivity index (χ1n) is 7.16. The van der Waals surface area contributed by atoms with Crippen molar-refractivity contribution in [1.82, 2.24) is 0 Å². The van der Waals surface area contributed by atoms with Gasteiger partial charge in [0.1, 0.15) is 5.82 Å². The van der Waals surface area contributed by atoms with Gasteiger partial charge in [-0.25, -0.2) is 4.39 Å². The molecule has 1 N–H and O–H groups in total. The standard InChI is InChI=1S/C16H12F4N2O3S/c1-9(26-12-5-2-10(17)3-6-12)15(23)21-14-7-4-11(22(24)25)8-13(14)16(18,19)20/h2-9H,1H3,(H,21,23)/t9-/m1/s1. The molecule has 0 unspecified atom stereocenters. The van der Waals surface area contributed by atoms with Crippen molar-refractivity contribution >= 4 is 29.0 Å². The van der Waals surface area contributed by atoms with Crippen LogP contribution in [0, 0.1) is 15.9 Å². The number of thioether (sulfide) groups is 1. The van der Waals surface area contributed by atoms with E-state index < -0.39 is 45.0 Å². The van der Waals surface area contributed by atoms with Crippen molar-refractivity contribution in [3.63, 3.8) is 0 Å². The topological polar surface area (TPSA) is 72.2 Å². The van der Waals surface area contributed by atoms with Crippen molar-refractivity contribution in [3.8, 4) is 0 Å². The van der Waals surface area contributed by atoms with Crippen molar-refractivity contribution < 1.29 is 27.3 Å². The molecule has 0 aromatic heterocycles. The lowest BCUT2D eigenvalue weighted by Gasteiger charge is -2.16. The minimum Gasteiger partial charge on any atom is -0.325 e. The zero-order valence-corrected chi connectivity index (χ0v) is 14.0. The fourth-order valence-corrected chi connectivity index (χ4v) is 2.86. The third kappa shape index (κ3) is 4.94. The summed E-state index contributed by atoms with van der Waals surface area (Å²) in [7, 11) is 0. The molecule has 1 atom stereocenters. The molecule has 2 aromatic rings. The van der Waals surface area contributed by atoms with Gasteiger partial charge in [-0.05, 0) is 37.3 Å². The minimum atomic E-state index is -4.87. The lowest BCUT2D eigenvalue weighted by atomic mass is 10.1. The Bertz CT molecular complexity index is 825. The van der Waals surface area contributed by atoms with Gasteiger partial charge < -0.3 is 5.32 Å². The fraction of sp³-hybridized carbons (Fsp3) is 0.188. The third-order valence-electron chi connectivity index (χ3n) is 3.27. The van der Waals surface area contributed by atoms with Crippen LogP contribution in [0.2, 0.25) is 0 Å². The Morgan fingerprint density at radius 2 is 1.81 bits per heavy atom. The molecular weight excluding hydrogens is 376 g/mol. The van der Waals surface area contributed by atoms with E-state index in [0.29, 0.717) is 11.0 Å². The van der Waals surface area contributed by atoms with Gasteiger partial charge in [-0.2, -0.15) is 13.2 Å². The van der Waals surface area contributed by atoms with Crippen LogP contribution in [-0.4, -0.2) is 16.1 Å². The van der Waals surface area contributed by atoms with Gasteiger partial charge >= 0.3 is 6.18 Å². The lowest BCUT2D eigenvalue weighted by Crippen LogP contribution is -2.24. The van der Waals surface area contributed by atoms with E-state index >= 15 is 0 Å². The highest BCUT2D eigenvalue weighted by atomic mass is 32.2. The summed E-state index contributed by atoms with van der Waals surface area (Å²) in [4.78, 5) is 22.5. The molecule has 5 nitrogen and oxygen atoms in total. The number of nitro benzene ring substituents is 1. The van der Waals surface area contributed by atoms with Gasteiger partial charge in [-0.3, -0.25) is 14.9 Å². The molecule has 0 aliphatic rings. The number of benzene rings is 2. The predicted molar refractivity (Wildman–Crippen MR) is 88.4 cm³/mol. The first-order chi connectivity index (χ1) is 12.1. The van der Waals surface area contributed by atoms with E-state index in [1.807, 2.05) is 0 Å². The molecule has 2 rings (SSSR count). The van der Waals surface area contributed by atoms with Crippen LogP contribution in [0.3, 0.4) is 0 Å². The summed E-state index contributed by atoms with van der Waals surface area (Å²) in [5.74, 6) is -1.18. The number of nitro groups is 1. The van der Waals surface area contributed by atoms with Crippen LogP contribution in [0.1, 0.15) is 12.5 Å². The molecule has 0 fully saturated rings. The van der Waals surface area contributed by atoms with Gasteiger partial charge in [0.25, 0.3) is 5.69 Å². The number of carbonyl (C=O) groups excluding carboxylic acids is 1. The lowest BCUT2D eigenvalue weighted by molar-refractivity contribution is -0.385. The van der Waals surface area contributed by atoms with Gasteiger partial charge in [-0.1, -0.05) is 0 Å². The zero-order chi connectivity index (χ0) is 19.5.